The quantitative estimate of drug-likeness (QED) is 0.275. The van der Waals surface area contributed by atoms with Crippen LogP contribution in [0.3, 0.4) is 0 Å². The van der Waals surface area contributed by atoms with Gasteiger partial charge in [0, 0.05) is 5.69 Å². The molecule has 0 aliphatic heterocycles. The molecular formula is C31H32N2O4S. The molecule has 4 aromatic carbocycles. The standard InChI is InChI=1S/C31H32N2O4S/c1-22-10-16-29(17-11-22)38(35,36)33(20-26-8-6-5-7-9-26)27-12-14-28(15-13-27)37-21-30(34)32-31-24(3)18-23(2)19-25(31)4/h5-19H,20-21H2,1-4H3,(H,32,34). The Morgan fingerprint density at radius 3 is 2.00 bits per heavy atom. The molecule has 0 atom stereocenters. The van der Waals surface area contributed by atoms with Crippen molar-refractivity contribution in [1.82, 2.24) is 0 Å². The van der Waals surface area contributed by atoms with Crippen molar-refractivity contribution in [3.63, 3.8) is 0 Å². The van der Waals surface area contributed by atoms with E-state index in [4.69, 9.17) is 4.74 Å². The number of sulfonamides is 1. The molecule has 1 N–H and O–H groups in total. The van der Waals surface area contributed by atoms with E-state index in [0.29, 0.717) is 11.4 Å². The highest BCUT2D eigenvalue weighted by atomic mass is 32.2. The molecule has 0 aliphatic carbocycles. The average Bonchev–Trinajstić information content (AvgIpc) is 2.89. The van der Waals surface area contributed by atoms with Crippen molar-refractivity contribution in [2.75, 3.05) is 16.2 Å². The molecule has 1 amide bonds. The molecule has 7 heteroatoms. The van der Waals surface area contributed by atoms with E-state index in [0.717, 1.165) is 33.5 Å². The first-order valence-electron chi connectivity index (χ1n) is 12.4. The van der Waals surface area contributed by atoms with Crippen LogP contribution in [0.15, 0.2) is 95.9 Å². The van der Waals surface area contributed by atoms with E-state index in [1.54, 1.807) is 48.5 Å². The number of rotatable bonds is 9. The fourth-order valence-electron chi connectivity index (χ4n) is 4.31. The molecule has 0 aliphatic rings. The molecule has 6 nitrogen and oxygen atoms in total. The zero-order valence-corrected chi connectivity index (χ0v) is 22.9. The number of nitrogens with one attached hydrogen (secondary N) is 1. The van der Waals surface area contributed by atoms with Crippen molar-refractivity contribution in [3.05, 3.63) is 119 Å². The van der Waals surface area contributed by atoms with Gasteiger partial charge in [-0.25, -0.2) is 8.42 Å². The third kappa shape index (κ3) is 6.42. The van der Waals surface area contributed by atoms with E-state index in [1.165, 1.54) is 4.31 Å². The van der Waals surface area contributed by atoms with Crippen LogP contribution in [0.2, 0.25) is 0 Å². The summed E-state index contributed by atoms with van der Waals surface area (Å²) in [5.41, 5.74) is 6.26. The second kappa shape index (κ2) is 11.5. The topological polar surface area (TPSA) is 75.7 Å². The molecule has 0 bridgehead atoms. The summed E-state index contributed by atoms with van der Waals surface area (Å²) < 4.78 is 34.4. The van der Waals surface area contributed by atoms with Crippen LogP contribution in [0.5, 0.6) is 5.75 Å². The molecule has 38 heavy (non-hydrogen) atoms. The summed E-state index contributed by atoms with van der Waals surface area (Å²) in [6, 6.07) is 27.0. The van der Waals surface area contributed by atoms with E-state index in [-0.39, 0.29) is 24.0 Å². The van der Waals surface area contributed by atoms with Crippen molar-refractivity contribution in [2.24, 2.45) is 0 Å². The zero-order chi connectivity index (χ0) is 27.3. The first kappa shape index (κ1) is 26.9. The van der Waals surface area contributed by atoms with E-state index in [2.05, 4.69) is 5.32 Å². The number of benzene rings is 4. The van der Waals surface area contributed by atoms with Gasteiger partial charge in [0.15, 0.2) is 6.61 Å². The first-order valence-corrected chi connectivity index (χ1v) is 13.8. The molecule has 0 heterocycles. The molecule has 0 fully saturated rings. The van der Waals surface area contributed by atoms with Gasteiger partial charge in [-0.3, -0.25) is 9.10 Å². The monoisotopic (exact) mass is 528 g/mol. The lowest BCUT2D eigenvalue weighted by Crippen LogP contribution is -2.30. The lowest BCUT2D eigenvalue weighted by Gasteiger charge is -2.25. The molecule has 4 rings (SSSR count). The maximum atomic E-state index is 13.6. The number of hydrogen-bond donors (Lipinski definition) is 1. The highest BCUT2D eigenvalue weighted by Crippen LogP contribution is 2.28. The van der Waals surface area contributed by atoms with Gasteiger partial charge in [-0.15, -0.1) is 0 Å². The molecule has 0 saturated carbocycles. The van der Waals surface area contributed by atoms with Crippen molar-refractivity contribution >= 4 is 27.3 Å². The Morgan fingerprint density at radius 2 is 1.39 bits per heavy atom. The van der Waals surface area contributed by atoms with Gasteiger partial charge in [-0.05, 0) is 80.8 Å². The van der Waals surface area contributed by atoms with Gasteiger partial charge in [0.05, 0.1) is 17.1 Å². The van der Waals surface area contributed by atoms with Crippen LogP contribution in [-0.2, 0) is 21.4 Å². The number of nitrogens with zero attached hydrogens (tertiary/aromatic N) is 1. The van der Waals surface area contributed by atoms with Crippen LogP contribution >= 0.6 is 0 Å². The van der Waals surface area contributed by atoms with Crippen LogP contribution in [0, 0.1) is 27.7 Å². The molecule has 4 aromatic rings. The first-order chi connectivity index (χ1) is 18.1. The predicted molar refractivity (Wildman–Crippen MR) is 152 cm³/mol. The van der Waals surface area contributed by atoms with Crippen LogP contribution < -0.4 is 14.4 Å². The molecule has 0 radical (unpaired) electrons. The minimum atomic E-state index is -3.83. The SMILES string of the molecule is Cc1ccc(S(=O)(=O)N(Cc2ccccc2)c2ccc(OCC(=O)Nc3c(C)cc(C)cc3C)cc2)cc1. The van der Waals surface area contributed by atoms with Crippen molar-refractivity contribution in [2.45, 2.75) is 39.1 Å². The predicted octanol–water partition coefficient (Wildman–Crippen LogP) is 6.33. The largest absolute Gasteiger partial charge is 0.484 e. The third-order valence-corrected chi connectivity index (χ3v) is 8.00. The third-order valence-electron chi connectivity index (χ3n) is 6.21. The van der Waals surface area contributed by atoms with Crippen molar-refractivity contribution in [1.29, 1.82) is 0 Å². The maximum Gasteiger partial charge on any atom is 0.264 e. The van der Waals surface area contributed by atoms with Gasteiger partial charge in [0.1, 0.15) is 5.75 Å². The molecule has 0 aromatic heterocycles. The number of hydrogen-bond acceptors (Lipinski definition) is 4. The van der Waals surface area contributed by atoms with Gasteiger partial charge in [0.2, 0.25) is 0 Å². The highest BCUT2D eigenvalue weighted by molar-refractivity contribution is 7.92. The fourth-order valence-corrected chi connectivity index (χ4v) is 5.76. The summed E-state index contributed by atoms with van der Waals surface area (Å²) >= 11 is 0. The van der Waals surface area contributed by atoms with Gasteiger partial charge in [0.25, 0.3) is 15.9 Å². The number of aryl methyl sites for hydroxylation is 4. The van der Waals surface area contributed by atoms with Gasteiger partial charge >= 0.3 is 0 Å². The van der Waals surface area contributed by atoms with Crippen LogP contribution in [-0.4, -0.2) is 20.9 Å². The van der Waals surface area contributed by atoms with Crippen LogP contribution in [0.25, 0.3) is 0 Å². The van der Waals surface area contributed by atoms with Gasteiger partial charge in [-0.1, -0.05) is 65.7 Å². The van der Waals surface area contributed by atoms with E-state index in [9.17, 15) is 13.2 Å². The molecular weight excluding hydrogens is 496 g/mol. The van der Waals surface area contributed by atoms with Gasteiger partial charge in [-0.2, -0.15) is 0 Å². The number of ether oxygens (including phenoxy) is 1. The summed E-state index contributed by atoms with van der Waals surface area (Å²) in [7, 11) is -3.83. The van der Waals surface area contributed by atoms with Crippen molar-refractivity contribution < 1.29 is 17.9 Å². The summed E-state index contributed by atoms with van der Waals surface area (Å²) in [6.45, 7) is 7.87. The smallest absolute Gasteiger partial charge is 0.264 e. The highest BCUT2D eigenvalue weighted by Gasteiger charge is 2.25. The summed E-state index contributed by atoms with van der Waals surface area (Å²) in [4.78, 5) is 12.8. The normalized spacial score (nSPS) is 11.2. The molecule has 0 spiro atoms. The summed E-state index contributed by atoms with van der Waals surface area (Å²) in [5.74, 6) is 0.199. The molecule has 0 unspecified atom stereocenters. The lowest BCUT2D eigenvalue weighted by molar-refractivity contribution is -0.118. The van der Waals surface area contributed by atoms with Crippen molar-refractivity contribution in [3.8, 4) is 5.75 Å². The zero-order valence-electron chi connectivity index (χ0n) is 22.1. The van der Waals surface area contributed by atoms with E-state index >= 15 is 0 Å². The number of carbonyl (C=O) groups is 1. The number of anilines is 2. The van der Waals surface area contributed by atoms with E-state index < -0.39 is 10.0 Å². The Bertz CT molecular complexity index is 1490. The minimum absolute atomic E-state index is 0.165. The fraction of sp³-hybridized carbons (Fsp3) is 0.194. The Hall–Kier alpha value is -4.10. The Kier molecular flexibility index (Phi) is 8.17. The molecule has 196 valence electrons. The van der Waals surface area contributed by atoms with Crippen LogP contribution in [0.1, 0.15) is 27.8 Å². The summed E-state index contributed by atoms with van der Waals surface area (Å²) in [6.07, 6.45) is 0. The second-order valence-corrected chi connectivity index (χ2v) is 11.3. The number of carbonyl (C=O) groups excluding carboxylic acids is 1. The van der Waals surface area contributed by atoms with E-state index in [1.807, 2.05) is 70.2 Å². The average molecular weight is 529 g/mol. The lowest BCUT2D eigenvalue weighted by atomic mass is 10.1. The number of amides is 1. The Labute approximate surface area is 225 Å². The Balaban J connectivity index is 1.51. The molecule has 0 saturated heterocycles. The second-order valence-electron chi connectivity index (χ2n) is 9.41. The minimum Gasteiger partial charge on any atom is -0.484 e. The van der Waals surface area contributed by atoms with Gasteiger partial charge < -0.3 is 10.1 Å². The van der Waals surface area contributed by atoms with Crippen LogP contribution in [0.4, 0.5) is 11.4 Å². The Morgan fingerprint density at radius 1 is 0.789 bits per heavy atom. The summed E-state index contributed by atoms with van der Waals surface area (Å²) in [5, 5.41) is 2.92. The maximum absolute atomic E-state index is 13.6.